The molecule has 0 aliphatic heterocycles. The molecule has 26 aromatic rings. The van der Waals surface area contributed by atoms with Crippen LogP contribution in [0.2, 0.25) is 0 Å². The summed E-state index contributed by atoms with van der Waals surface area (Å²) < 4.78 is 11.2. The van der Waals surface area contributed by atoms with Crippen LogP contribution in [-0.2, 0) is 10.8 Å². The van der Waals surface area contributed by atoms with Crippen LogP contribution >= 0.6 is 45.3 Å². The minimum Gasteiger partial charge on any atom is -0.309 e. The van der Waals surface area contributed by atoms with Crippen LogP contribution in [-0.4, -0.2) is 42.1 Å². The first-order chi connectivity index (χ1) is 65.4. The van der Waals surface area contributed by atoms with Crippen molar-refractivity contribution in [2.24, 2.45) is 0 Å². The Balaban J connectivity index is 0.0000000963. The quantitative estimate of drug-likeness (QED) is 0.137. The molecule has 0 spiro atoms. The van der Waals surface area contributed by atoms with Crippen molar-refractivity contribution in [1.82, 2.24) is 42.1 Å². The fourth-order valence-corrected chi connectivity index (χ4v) is 23.4. The first kappa shape index (κ1) is 79.4. The molecular weight excluding hydrogens is 1700 g/mol. The molecule has 13 heteroatoms. The lowest BCUT2D eigenvalue weighted by molar-refractivity contribution is 0.660. The molecule has 0 saturated heterocycles. The van der Waals surface area contributed by atoms with Crippen molar-refractivity contribution in [2.75, 3.05) is 0 Å². The van der Waals surface area contributed by atoms with Gasteiger partial charge in [0.25, 0.3) is 0 Å². The molecule has 9 aromatic heterocycles. The maximum atomic E-state index is 5.08. The van der Waals surface area contributed by atoms with Crippen molar-refractivity contribution in [3.63, 3.8) is 0 Å². The molecule has 2 aliphatic carbocycles. The summed E-state index contributed by atoms with van der Waals surface area (Å²) in [4.78, 5) is 24.2. The number of hydrogen-bond donors (Lipinski definition) is 0. The maximum absolute atomic E-state index is 5.08. The van der Waals surface area contributed by atoms with Crippen molar-refractivity contribution >= 4 is 130 Å². The summed E-state index contributed by atoms with van der Waals surface area (Å²) >= 11 is 6.69. The number of benzene rings is 17. The van der Waals surface area contributed by atoms with Crippen LogP contribution in [0, 0.1) is 0 Å². The fourth-order valence-electron chi connectivity index (χ4n) is 20.5. The van der Waals surface area contributed by atoms with Crippen LogP contribution in [0.25, 0.3) is 214 Å². The second-order valence-electron chi connectivity index (χ2n) is 35.4. The molecule has 0 unspecified atom stereocenters. The predicted molar refractivity (Wildman–Crippen MR) is 561 cm³/mol. The van der Waals surface area contributed by atoms with E-state index in [0.29, 0.717) is 0 Å². The van der Waals surface area contributed by atoms with E-state index in [2.05, 4.69) is 472 Å². The van der Waals surface area contributed by atoms with E-state index in [4.69, 9.17) is 19.9 Å². The van der Waals surface area contributed by atoms with Crippen molar-refractivity contribution in [3.05, 3.63) is 451 Å². The number of aromatic nitrogens is 9. The number of para-hydroxylation sites is 2. The lowest BCUT2D eigenvalue weighted by Crippen LogP contribution is -2.14. The average molecular weight is 1780 g/mol. The monoisotopic (exact) mass is 1780 g/mol. The van der Waals surface area contributed by atoms with Gasteiger partial charge in [-0.05, 0) is 159 Å². The van der Waals surface area contributed by atoms with E-state index in [1.54, 1.807) is 45.3 Å². The molecule has 0 fully saturated rings. The zero-order valence-electron chi connectivity index (χ0n) is 73.1. The second kappa shape index (κ2) is 32.1. The third kappa shape index (κ3) is 13.6. The molecule has 0 atom stereocenters. The SMILES string of the molecule is CC1(C)c2ccccc2-c2ccc(-c3c(-c4ccc5ccccc5c4)nc4sccn34)cc21.CC1(C)c2ccccc2-c2ccc(-c3ccc(-c4c(-c5ccc6ccccc6c5)nc5sccn45)cc3)cc21.c1ccc(-c2c(-c3ccc4ccccc4c3)nc3sccn23)cc1.c1ccc2cc(-c3nc4sccn4c3-c3ccc(-n4c5ccccc5c5ccccc54)cc3)ccc2c1. The van der Waals surface area contributed by atoms with Crippen LogP contribution in [0.5, 0.6) is 0 Å². The van der Waals surface area contributed by atoms with Crippen LogP contribution < -0.4 is 0 Å². The summed E-state index contributed by atoms with van der Waals surface area (Å²) in [5, 5.41) is 20.9. The van der Waals surface area contributed by atoms with Gasteiger partial charge in [-0.1, -0.05) is 349 Å². The molecule has 2 aliphatic rings. The van der Waals surface area contributed by atoms with Crippen LogP contribution in [0.3, 0.4) is 0 Å². The summed E-state index contributed by atoms with van der Waals surface area (Å²) in [6.45, 7) is 9.35. The van der Waals surface area contributed by atoms with Gasteiger partial charge in [-0.3, -0.25) is 17.6 Å². The summed E-state index contributed by atoms with van der Waals surface area (Å²) in [6, 6.07) is 138. The van der Waals surface area contributed by atoms with Gasteiger partial charge in [0.1, 0.15) is 0 Å². The van der Waals surface area contributed by atoms with E-state index in [9.17, 15) is 0 Å². The zero-order chi connectivity index (χ0) is 88.6. The van der Waals surface area contributed by atoms with Crippen molar-refractivity contribution in [1.29, 1.82) is 0 Å². The summed E-state index contributed by atoms with van der Waals surface area (Å²) in [5.74, 6) is 0. The molecule has 9 heterocycles. The van der Waals surface area contributed by atoms with Gasteiger partial charge in [-0.15, -0.1) is 45.3 Å². The summed E-state index contributed by atoms with van der Waals surface area (Å²) in [5.41, 5.74) is 35.1. The highest BCUT2D eigenvalue weighted by Gasteiger charge is 2.38. The molecule has 0 saturated carbocycles. The molecule has 0 N–H and O–H groups in total. The Kier molecular flexibility index (Phi) is 19.2. The third-order valence-electron chi connectivity index (χ3n) is 27.1. The number of nitrogens with zero attached hydrogens (tertiary/aromatic N) is 9. The molecule has 133 heavy (non-hydrogen) atoms. The van der Waals surface area contributed by atoms with E-state index in [1.165, 1.54) is 137 Å². The lowest BCUT2D eigenvalue weighted by atomic mass is 9.81. The Morgan fingerprint density at radius 2 is 0.489 bits per heavy atom. The van der Waals surface area contributed by atoms with Crippen molar-refractivity contribution in [2.45, 2.75) is 38.5 Å². The topological polar surface area (TPSA) is 74.1 Å². The first-order valence-corrected chi connectivity index (χ1v) is 48.5. The van der Waals surface area contributed by atoms with Gasteiger partial charge in [0.2, 0.25) is 0 Å². The van der Waals surface area contributed by atoms with E-state index >= 15 is 0 Å². The second-order valence-corrected chi connectivity index (χ2v) is 38.9. The molecular formula is C120H83N9S4. The van der Waals surface area contributed by atoms with Gasteiger partial charge < -0.3 is 4.57 Å². The van der Waals surface area contributed by atoms with Crippen LogP contribution in [0.4, 0.5) is 0 Å². The Morgan fingerprint density at radius 1 is 0.211 bits per heavy atom. The van der Waals surface area contributed by atoms with Gasteiger partial charge in [0.15, 0.2) is 19.8 Å². The molecule has 9 nitrogen and oxygen atoms in total. The largest absolute Gasteiger partial charge is 0.309 e. The van der Waals surface area contributed by atoms with Gasteiger partial charge in [0.05, 0.1) is 56.6 Å². The highest BCUT2D eigenvalue weighted by atomic mass is 32.1. The standard InChI is InChI=1S/C36H26N2S.C33H21N3S.C30H22N2S.C21H14N2S/c1-36(2)31-10-6-5-9-29(31)30-18-17-27(22-32(30)36)24-11-14-25(15-12-24)34-33(37-35-38(34)19-20-39-35)28-16-13-23-7-3-4-8-26(23)21-28;1-2-8-24-21-25(14-13-22(24)7-1)31-32(35-19-20-37-33(35)34-31)23-15-17-26(18-16-23)36-29-11-5-3-9-27(29)28-10-4-6-12-30(28)36;1-30(2)25-10-6-5-9-23(25)24-14-13-22(18-26(24)30)28-27(31-29-32(28)15-16-33-29)21-12-11-19-7-3-4-8-20(19)17-21;1-2-7-16(8-3-1)20-19(22-21-23(20)12-13-24-21)18-11-10-15-6-4-5-9-17(15)14-18/h3-22H,1-2H3;1-21H;3-18H,1-2H3;1-14H. The molecule has 632 valence electrons. The maximum Gasteiger partial charge on any atom is 0.194 e. The average Bonchev–Trinajstić information content (AvgIpc) is 1.58. The Labute approximate surface area is 784 Å². The number of fused-ring (bicyclic) bond motifs is 17. The van der Waals surface area contributed by atoms with E-state index in [1.807, 2.05) is 6.07 Å². The van der Waals surface area contributed by atoms with E-state index < -0.39 is 0 Å². The number of imidazole rings is 4. The minimum absolute atomic E-state index is 0.00120. The Bertz CT molecular complexity index is 9000. The molecule has 0 bridgehead atoms. The first-order valence-electron chi connectivity index (χ1n) is 45.0. The summed E-state index contributed by atoms with van der Waals surface area (Å²) in [7, 11) is 0. The van der Waals surface area contributed by atoms with Gasteiger partial charge in [-0.25, -0.2) is 19.9 Å². The van der Waals surface area contributed by atoms with Crippen LogP contribution in [0.15, 0.2) is 428 Å². The molecule has 28 rings (SSSR count). The highest BCUT2D eigenvalue weighted by molar-refractivity contribution is 7.16. The molecule has 0 amide bonds. The smallest absolute Gasteiger partial charge is 0.194 e. The normalized spacial score (nSPS) is 12.8. The van der Waals surface area contributed by atoms with E-state index in [-0.39, 0.29) is 10.8 Å². The zero-order valence-corrected chi connectivity index (χ0v) is 76.4. The van der Waals surface area contributed by atoms with Crippen LogP contribution in [0.1, 0.15) is 49.9 Å². The van der Waals surface area contributed by atoms with Crippen molar-refractivity contribution in [3.8, 4) is 129 Å². The Hall–Kier alpha value is -15.7. The summed E-state index contributed by atoms with van der Waals surface area (Å²) in [6.07, 6.45) is 8.48. The number of thiazole rings is 4. The molecule has 17 aromatic carbocycles. The van der Waals surface area contributed by atoms with Gasteiger partial charge in [0, 0.05) is 118 Å². The van der Waals surface area contributed by atoms with E-state index in [0.717, 1.165) is 98.9 Å². The predicted octanol–water partition coefficient (Wildman–Crippen LogP) is 32.9. The van der Waals surface area contributed by atoms with Gasteiger partial charge in [-0.2, -0.15) is 0 Å². The number of hydrogen-bond acceptors (Lipinski definition) is 8. The number of rotatable bonds is 10. The van der Waals surface area contributed by atoms with Gasteiger partial charge >= 0.3 is 0 Å². The third-order valence-corrected chi connectivity index (χ3v) is 30.1. The fraction of sp³-hybridized carbons (Fsp3) is 0.0500. The molecule has 0 radical (unpaired) electrons. The minimum atomic E-state index is -0.0243. The Morgan fingerprint density at radius 3 is 0.880 bits per heavy atom. The highest BCUT2D eigenvalue weighted by Crippen LogP contribution is 2.53. The van der Waals surface area contributed by atoms with Crippen molar-refractivity contribution < 1.29 is 0 Å². The lowest BCUT2D eigenvalue weighted by Gasteiger charge is -2.22.